The zero-order chi connectivity index (χ0) is 11.0. The van der Waals surface area contributed by atoms with Crippen LogP contribution in [0.3, 0.4) is 0 Å². The Kier molecular flexibility index (Phi) is 2.81. The van der Waals surface area contributed by atoms with Crippen LogP contribution in [0.25, 0.3) is 0 Å². The molecule has 1 saturated carbocycles. The van der Waals surface area contributed by atoms with Crippen LogP contribution in [0.5, 0.6) is 0 Å². The van der Waals surface area contributed by atoms with Crippen molar-refractivity contribution >= 4 is 0 Å². The zero-order valence-electron chi connectivity index (χ0n) is 9.75. The number of hydrazine groups is 1. The maximum atomic E-state index is 5.66. The number of aryl methyl sites for hydroxylation is 2. The van der Waals surface area contributed by atoms with E-state index in [1.165, 1.54) is 23.1 Å². The lowest BCUT2D eigenvalue weighted by molar-refractivity contribution is 0.475. The summed E-state index contributed by atoms with van der Waals surface area (Å²) < 4.78 is 0. The van der Waals surface area contributed by atoms with Crippen LogP contribution in [0.1, 0.15) is 36.1 Å². The number of nitrogens with two attached hydrogens (primary N) is 1. The average molecular weight is 204 g/mol. The molecule has 0 spiro atoms. The van der Waals surface area contributed by atoms with Gasteiger partial charge in [0, 0.05) is 6.04 Å². The second kappa shape index (κ2) is 3.95. The summed E-state index contributed by atoms with van der Waals surface area (Å²) in [6.45, 7) is 6.57. The van der Waals surface area contributed by atoms with Crippen molar-refractivity contribution in [3.63, 3.8) is 0 Å². The summed E-state index contributed by atoms with van der Waals surface area (Å²) in [5.41, 5.74) is 6.94. The Labute approximate surface area is 91.8 Å². The Hall–Kier alpha value is -0.860. The molecule has 2 rings (SSSR count). The number of hydrogen-bond acceptors (Lipinski definition) is 2. The van der Waals surface area contributed by atoms with Crippen molar-refractivity contribution in [1.29, 1.82) is 0 Å². The molecule has 0 saturated heterocycles. The molecule has 2 heteroatoms. The number of rotatable bonds is 3. The molecule has 1 aromatic rings. The van der Waals surface area contributed by atoms with Crippen molar-refractivity contribution in [2.75, 3.05) is 0 Å². The smallest absolute Gasteiger partial charge is 0.0490 e. The van der Waals surface area contributed by atoms with E-state index in [-0.39, 0.29) is 0 Å². The van der Waals surface area contributed by atoms with Crippen LogP contribution in [-0.2, 0) is 0 Å². The maximum Gasteiger partial charge on any atom is 0.0490 e. The topological polar surface area (TPSA) is 38.0 Å². The predicted molar refractivity (Wildman–Crippen MR) is 63.3 cm³/mol. The van der Waals surface area contributed by atoms with Crippen molar-refractivity contribution in [2.24, 2.45) is 17.7 Å². The van der Waals surface area contributed by atoms with Crippen molar-refractivity contribution in [2.45, 2.75) is 33.2 Å². The molecule has 0 bridgehead atoms. The van der Waals surface area contributed by atoms with E-state index in [1.54, 1.807) is 0 Å². The molecular formula is C13H20N2. The fourth-order valence-corrected chi connectivity index (χ4v) is 2.47. The van der Waals surface area contributed by atoms with Crippen LogP contribution in [0.4, 0.5) is 0 Å². The Morgan fingerprint density at radius 2 is 1.80 bits per heavy atom. The molecule has 0 amide bonds. The van der Waals surface area contributed by atoms with Gasteiger partial charge in [0.2, 0.25) is 0 Å². The Morgan fingerprint density at radius 3 is 2.20 bits per heavy atom. The van der Waals surface area contributed by atoms with Crippen LogP contribution < -0.4 is 11.3 Å². The molecule has 3 N–H and O–H groups in total. The minimum absolute atomic E-state index is 0.332. The van der Waals surface area contributed by atoms with Crippen molar-refractivity contribution < 1.29 is 0 Å². The van der Waals surface area contributed by atoms with Crippen LogP contribution in [0, 0.1) is 25.7 Å². The molecule has 3 unspecified atom stereocenters. The van der Waals surface area contributed by atoms with Crippen LogP contribution in [0.15, 0.2) is 18.2 Å². The highest BCUT2D eigenvalue weighted by Crippen LogP contribution is 2.46. The number of benzene rings is 1. The van der Waals surface area contributed by atoms with Crippen molar-refractivity contribution in [1.82, 2.24) is 5.43 Å². The van der Waals surface area contributed by atoms with Gasteiger partial charge in [0.1, 0.15) is 0 Å². The second-order valence-corrected chi connectivity index (χ2v) is 4.94. The summed E-state index contributed by atoms with van der Waals surface area (Å²) in [6, 6.07) is 7.01. The van der Waals surface area contributed by atoms with Crippen molar-refractivity contribution in [3.8, 4) is 0 Å². The SMILES string of the molecule is Cc1cc(C)cc(C(NN)C2CC2C)c1. The van der Waals surface area contributed by atoms with Crippen molar-refractivity contribution in [3.05, 3.63) is 34.9 Å². The van der Waals surface area contributed by atoms with Crippen LogP contribution in [-0.4, -0.2) is 0 Å². The highest BCUT2D eigenvalue weighted by atomic mass is 15.2. The normalized spacial score (nSPS) is 26.4. The van der Waals surface area contributed by atoms with Gasteiger partial charge < -0.3 is 0 Å². The second-order valence-electron chi connectivity index (χ2n) is 4.94. The van der Waals surface area contributed by atoms with Crippen LogP contribution in [0.2, 0.25) is 0 Å². The van der Waals surface area contributed by atoms with Gasteiger partial charge in [-0.25, -0.2) is 0 Å². The molecule has 0 radical (unpaired) electrons. The third kappa shape index (κ3) is 2.21. The van der Waals surface area contributed by atoms with Gasteiger partial charge in [-0.1, -0.05) is 36.2 Å². The van der Waals surface area contributed by atoms with Gasteiger partial charge in [-0.05, 0) is 37.7 Å². The van der Waals surface area contributed by atoms with E-state index in [0.29, 0.717) is 6.04 Å². The monoisotopic (exact) mass is 204 g/mol. The van der Waals surface area contributed by atoms with E-state index in [0.717, 1.165) is 11.8 Å². The third-order valence-electron chi connectivity index (χ3n) is 3.38. The van der Waals surface area contributed by atoms with E-state index in [2.05, 4.69) is 44.4 Å². The van der Waals surface area contributed by atoms with Gasteiger partial charge in [0.25, 0.3) is 0 Å². The summed E-state index contributed by atoms with van der Waals surface area (Å²) >= 11 is 0. The lowest BCUT2D eigenvalue weighted by atomic mass is 9.98. The summed E-state index contributed by atoms with van der Waals surface area (Å²) in [5.74, 6) is 7.19. The number of hydrogen-bond donors (Lipinski definition) is 2. The fraction of sp³-hybridized carbons (Fsp3) is 0.538. The molecule has 2 nitrogen and oxygen atoms in total. The summed E-state index contributed by atoms with van der Waals surface area (Å²) in [6.07, 6.45) is 1.29. The molecule has 82 valence electrons. The molecule has 0 aromatic heterocycles. The number of nitrogens with one attached hydrogen (secondary N) is 1. The molecule has 0 aliphatic heterocycles. The predicted octanol–water partition coefficient (Wildman–Crippen LogP) is 2.46. The lowest BCUT2D eigenvalue weighted by Gasteiger charge is -2.17. The highest BCUT2D eigenvalue weighted by Gasteiger charge is 2.39. The van der Waals surface area contributed by atoms with E-state index in [1.807, 2.05) is 0 Å². The van der Waals surface area contributed by atoms with E-state index < -0.39 is 0 Å². The third-order valence-corrected chi connectivity index (χ3v) is 3.38. The average Bonchev–Trinajstić information content (AvgIpc) is 2.82. The Morgan fingerprint density at radius 1 is 1.27 bits per heavy atom. The first kappa shape index (κ1) is 10.7. The first-order valence-electron chi connectivity index (χ1n) is 5.66. The van der Waals surface area contributed by atoms with Gasteiger partial charge in [-0.2, -0.15) is 0 Å². The maximum absolute atomic E-state index is 5.66. The van der Waals surface area contributed by atoms with Gasteiger partial charge in [0.15, 0.2) is 0 Å². The summed E-state index contributed by atoms with van der Waals surface area (Å²) in [5, 5.41) is 0. The molecule has 1 aliphatic rings. The zero-order valence-corrected chi connectivity index (χ0v) is 9.75. The molecule has 15 heavy (non-hydrogen) atoms. The van der Waals surface area contributed by atoms with E-state index in [9.17, 15) is 0 Å². The van der Waals surface area contributed by atoms with Gasteiger partial charge in [0.05, 0.1) is 0 Å². The minimum Gasteiger partial charge on any atom is -0.271 e. The molecule has 1 aromatic carbocycles. The first-order chi connectivity index (χ1) is 7.11. The summed E-state index contributed by atoms with van der Waals surface area (Å²) in [4.78, 5) is 0. The Bertz CT molecular complexity index is 339. The standard InChI is InChI=1S/C13H20N2/c1-8-4-9(2)6-11(5-8)13(15-14)12-7-10(12)3/h4-6,10,12-13,15H,7,14H2,1-3H3. The quantitative estimate of drug-likeness (QED) is 0.586. The molecular weight excluding hydrogens is 184 g/mol. The Balaban J connectivity index is 2.26. The molecule has 0 heterocycles. The van der Waals surface area contributed by atoms with Gasteiger partial charge >= 0.3 is 0 Å². The van der Waals surface area contributed by atoms with E-state index >= 15 is 0 Å². The molecule has 1 aliphatic carbocycles. The van der Waals surface area contributed by atoms with E-state index in [4.69, 9.17) is 5.84 Å². The lowest BCUT2D eigenvalue weighted by Crippen LogP contribution is -2.30. The fourth-order valence-electron chi connectivity index (χ4n) is 2.47. The van der Waals surface area contributed by atoms with Gasteiger partial charge in [-0.15, -0.1) is 0 Å². The summed E-state index contributed by atoms with van der Waals surface area (Å²) in [7, 11) is 0. The molecule has 3 atom stereocenters. The first-order valence-corrected chi connectivity index (χ1v) is 5.66. The highest BCUT2D eigenvalue weighted by molar-refractivity contribution is 5.31. The minimum atomic E-state index is 0.332. The van der Waals surface area contributed by atoms with Crippen LogP contribution >= 0.6 is 0 Å². The molecule has 1 fully saturated rings. The largest absolute Gasteiger partial charge is 0.271 e. The van der Waals surface area contributed by atoms with Gasteiger partial charge in [-0.3, -0.25) is 11.3 Å².